The Kier molecular flexibility index (Phi) is 5.27. The molecular weight excluding hydrogens is 372 g/mol. The number of rotatable bonds is 5. The first kappa shape index (κ1) is 18.6. The summed E-state index contributed by atoms with van der Waals surface area (Å²) in [7, 11) is 0. The van der Waals surface area contributed by atoms with Crippen molar-refractivity contribution in [3.05, 3.63) is 90.5 Å². The summed E-state index contributed by atoms with van der Waals surface area (Å²) in [6.45, 7) is 5.03. The topological polar surface area (TPSA) is 45.4 Å². The van der Waals surface area contributed by atoms with Crippen LogP contribution in [0, 0.1) is 0 Å². The molecular formula is C25H24N4O. The molecule has 0 saturated carbocycles. The van der Waals surface area contributed by atoms with Gasteiger partial charge < -0.3 is 9.42 Å². The van der Waals surface area contributed by atoms with Gasteiger partial charge in [0.15, 0.2) is 0 Å². The molecule has 4 aromatic rings. The van der Waals surface area contributed by atoms with Crippen molar-refractivity contribution in [2.45, 2.75) is 6.54 Å². The lowest BCUT2D eigenvalue weighted by molar-refractivity contribution is 0.250. The summed E-state index contributed by atoms with van der Waals surface area (Å²) in [6.07, 6.45) is 0. The fourth-order valence-electron chi connectivity index (χ4n) is 3.96. The summed E-state index contributed by atoms with van der Waals surface area (Å²) < 4.78 is 5.54. The lowest BCUT2D eigenvalue weighted by atomic mass is 10.1. The molecule has 5 heteroatoms. The number of hydrogen-bond donors (Lipinski definition) is 0. The van der Waals surface area contributed by atoms with Gasteiger partial charge in [-0.1, -0.05) is 65.8 Å². The van der Waals surface area contributed by atoms with Gasteiger partial charge in [-0.2, -0.15) is 4.98 Å². The van der Waals surface area contributed by atoms with Crippen LogP contribution in [-0.4, -0.2) is 41.2 Å². The first-order valence-electron chi connectivity index (χ1n) is 10.4. The van der Waals surface area contributed by atoms with Gasteiger partial charge in [-0.3, -0.25) is 4.90 Å². The minimum absolute atomic E-state index is 0.549. The van der Waals surface area contributed by atoms with Crippen molar-refractivity contribution in [3.63, 3.8) is 0 Å². The highest BCUT2D eigenvalue weighted by Crippen LogP contribution is 2.31. The lowest BCUT2D eigenvalue weighted by Gasteiger charge is -2.36. The molecule has 0 N–H and O–H groups in total. The van der Waals surface area contributed by atoms with Crippen LogP contribution in [0.5, 0.6) is 0 Å². The molecule has 150 valence electrons. The van der Waals surface area contributed by atoms with Gasteiger partial charge in [0.05, 0.1) is 0 Å². The molecule has 3 aromatic carbocycles. The normalized spacial score (nSPS) is 14.7. The van der Waals surface area contributed by atoms with Crippen LogP contribution >= 0.6 is 0 Å². The summed E-state index contributed by atoms with van der Waals surface area (Å²) in [5.74, 6) is 1.18. The Hall–Kier alpha value is -3.44. The first-order valence-corrected chi connectivity index (χ1v) is 10.4. The quantitative estimate of drug-likeness (QED) is 0.488. The monoisotopic (exact) mass is 396 g/mol. The van der Waals surface area contributed by atoms with Crippen molar-refractivity contribution in [1.82, 2.24) is 15.0 Å². The average Bonchev–Trinajstić information content (AvgIpc) is 3.31. The van der Waals surface area contributed by atoms with E-state index in [9.17, 15) is 0 Å². The van der Waals surface area contributed by atoms with Crippen LogP contribution in [0.2, 0.25) is 0 Å². The molecule has 5 nitrogen and oxygen atoms in total. The van der Waals surface area contributed by atoms with Crippen LogP contribution in [0.1, 0.15) is 5.56 Å². The summed E-state index contributed by atoms with van der Waals surface area (Å²) >= 11 is 0. The number of aromatic nitrogens is 2. The largest absolute Gasteiger partial charge is 0.368 e. The lowest BCUT2D eigenvalue weighted by Crippen LogP contribution is -2.46. The number of anilines is 1. The van der Waals surface area contributed by atoms with Gasteiger partial charge in [0, 0.05) is 49.5 Å². The molecule has 1 aliphatic heterocycles. The van der Waals surface area contributed by atoms with Crippen LogP contribution in [0.25, 0.3) is 22.8 Å². The summed E-state index contributed by atoms with van der Waals surface area (Å²) in [5.41, 5.74) is 4.48. The van der Waals surface area contributed by atoms with Crippen LogP contribution < -0.4 is 4.90 Å². The van der Waals surface area contributed by atoms with Crippen molar-refractivity contribution in [2.75, 3.05) is 31.1 Å². The third-order valence-corrected chi connectivity index (χ3v) is 5.55. The maximum absolute atomic E-state index is 5.54. The molecule has 0 unspecified atom stereocenters. The molecule has 2 heterocycles. The maximum Gasteiger partial charge on any atom is 0.258 e. The fourth-order valence-corrected chi connectivity index (χ4v) is 3.96. The van der Waals surface area contributed by atoms with Crippen LogP contribution in [0.3, 0.4) is 0 Å². The Morgan fingerprint density at radius 2 is 1.40 bits per heavy atom. The molecule has 5 rings (SSSR count). The van der Waals surface area contributed by atoms with Crippen LogP contribution in [0.4, 0.5) is 5.69 Å². The Morgan fingerprint density at radius 1 is 0.733 bits per heavy atom. The summed E-state index contributed by atoms with van der Waals surface area (Å²) in [4.78, 5) is 9.60. The predicted molar refractivity (Wildman–Crippen MR) is 119 cm³/mol. The summed E-state index contributed by atoms with van der Waals surface area (Å²) in [6, 6.07) is 28.9. The summed E-state index contributed by atoms with van der Waals surface area (Å²) in [5, 5.41) is 4.27. The van der Waals surface area contributed by atoms with E-state index in [1.807, 2.05) is 36.4 Å². The smallest absolute Gasteiger partial charge is 0.258 e. The van der Waals surface area contributed by atoms with E-state index in [1.165, 1.54) is 5.56 Å². The number of para-hydroxylation sites is 1. The van der Waals surface area contributed by atoms with E-state index in [0.29, 0.717) is 11.7 Å². The second kappa shape index (κ2) is 8.51. The highest BCUT2D eigenvalue weighted by Gasteiger charge is 2.21. The Bertz CT molecular complexity index is 1090. The van der Waals surface area contributed by atoms with E-state index >= 15 is 0 Å². The molecule has 0 aliphatic carbocycles. The molecule has 1 aromatic heterocycles. The number of hydrogen-bond acceptors (Lipinski definition) is 5. The molecule has 0 radical (unpaired) electrons. The standard InChI is InChI=1S/C25H24N4O/c1-3-9-20(10-4-1)19-28-15-17-29(18-16-28)23-14-8-7-13-22(23)24-26-25(30-27-24)21-11-5-2-6-12-21/h1-14H,15-19H2. The SMILES string of the molecule is c1ccc(CN2CCN(c3ccccc3-c3noc(-c4ccccc4)n3)CC2)cc1. The fraction of sp³-hybridized carbons (Fsp3) is 0.200. The zero-order valence-electron chi connectivity index (χ0n) is 16.8. The number of benzene rings is 3. The second-order valence-electron chi connectivity index (χ2n) is 7.56. The van der Waals surface area contributed by atoms with Crippen molar-refractivity contribution in [2.24, 2.45) is 0 Å². The minimum Gasteiger partial charge on any atom is -0.368 e. The Balaban J connectivity index is 1.32. The molecule has 1 fully saturated rings. The Morgan fingerprint density at radius 3 is 2.17 bits per heavy atom. The number of nitrogens with zero attached hydrogens (tertiary/aromatic N) is 4. The number of piperazine rings is 1. The average molecular weight is 396 g/mol. The molecule has 0 bridgehead atoms. The van der Waals surface area contributed by atoms with Gasteiger partial charge in [-0.25, -0.2) is 0 Å². The van der Waals surface area contributed by atoms with Gasteiger partial charge in [0.25, 0.3) is 5.89 Å². The van der Waals surface area contributed by atoms with Crippen molar-refractivity contribution in [3.8, 4) is 22.8 Å². The third kappa shape index (κ3) is 3.98. The van der Waals surface area contributed by atoms with E-state index in [2.05, 4.69) is 68.5 Å². The van der Waals surface area contributed by atoms with E-state index in [4.69, 9.17) is 4.52 Å². The van der Waals surface area contributed by atoms with E-state index in [0.717, 1.165) is 49.5 Å². The zero-order chi connectivity index (χ0) is 20.2. The van der Waals surface area contributed by atoms with E-state index < -0.39 is 0 Å². The van der Waals surface area contributed by atoms with Crippen LogP contribution in [-0.2, 0) is 6.54 Å². The van der Waals surface area contributed by atoms with Gasteiger partial charge in [-0.05, 0) is 29.8 Å². The molecule has 0 amide bonds. The van der Waals surface area contributed by atoms with Crippen molar-refractivity contribution in [1.29, 1.82) is 0 Å². The highest BCUT2D eigenvalue weighted by atomic mass is 16.5. The predicted octanol–water partition coefficient (Wildman–Crippen LogP) is 4.73. The van der Waals surface area contributed by atoms with Gasteiger partial charge in [-0.15, -0.1) is 0 Å². The highest BCUT2D eigenvalue weighted by molar-refractivity contribution is 5.75. The maximum atomic E-state index is 5.54. The first-order chi connectivity index (χ1) is 14.9. The Labute approximate surface area is 176 Å². The van der Waals surface area contributed by atoms with Gasteiger partial charge in [0.2, 0.25) is 5.82 Å². The van der Waals surface area contributed by atoms with E-state index in [-0.39, 0.29) is 0 Å². The molecule has 0 atom stereocenters. The van der Waals surface area contributed by atoms with Gasteiger partial charge >= 0.3 is 0 Å². The van der Waals surface area contributed by atoms with Crippen LogP contribution in [0.15, 0.2) is 89.5 Å². The minimum atomic E-state index is 0.549. The molecule has 0 spiro atoms. The van der Waals surface area contributed by atoms with Crippen molar-refractivity contribution >= 4 is 5.69 Å². The second-order valence-corrected chi connectivity index (χ2v) is 7.56. The third-order valence-electron chi connectivity index (χ3n) is 5.55. The molecule has 30 heavy (non-hydrogen) atoms. The van der Waals surface area contributed by atoms with Crippen molar-refractivity contribution < 1.29 is 4.52 Å². The molecule has 1 saturated heterocycles. The van der Waals surface area contributed by atoms with Gasteiger partial charge in [0.1, 0.15) is 0 Å². The van der Waals surface area contributed by atoms with E-state index in [1.54, 1.807) is 0 Å². The molecule has 1 aliphatic rings. The zero-order valence-corrected chi connectivity index (χ0v) is 16.8.